The van der Waals surface area contributed by atoms with E-state index in [1.165, 1.54) is 12.1 Å². The molecule has 2 rings (SSSR count). The molecule has 0 fully saturated rings. The molecule has 0 aliphatic carbocycles. The zero-order valence-electron chi connectivity index (χ0n) is 14.0. The van der Waals surface area contributed by atoms with Crippen molar-refractivity contribution >= 4 is 33.6 Å². The summed E-state index contributed by atoms with van der Waals surface area (Å²) in [4.78, 5) is 23.4. The molecule has 138 valence electrons. The van der Waals surface area contributed by atoms with Gasteiger partial charge in [-0.2, -0.15) is 0 Å². The lowest BCUT2D eigenvalue weighted by Crippen LogP contribution is -2.43. The van der Waals surface area contributed by atoms with Crippen LogP contribution in [0.25, 0.3) is 0 Å². The molecule has 0 aliphatic rings. The topological polar surface area (TPSA) is 104 Å². The summed E-state index contributed by atoms with van der Waals surface area (Å²) < 4.78 is 26.0. The van der Waals surface area contributed by atoms with Gasteiger partial charge in [0.25, 0.3) is 10.0 Å². The lowest BCUT2D eigenvalue weighted by Gasteiger charge is -2.09. The van der Waals surface area contributed by atoms with E-state index in [-0.39, 0.29) is 18.0 Å². The van der Waals surface area contributed by atoms with E-state index in [0.29, 0.717) is 5.02 Å². The molecule has 0 saturated heterocycles. The molecule has 9 heteroatoms. The van der Waals surface area contributed by atoms with Crippen molar-refractivity contribution in [3.05, 3.63) is 64.7 Å². The minimum Gasteiger partial charge on any atom is -0.350 e. The lowest BCUT2D eigenvalue weighted by molar-refractivity contribution is -0.120. The van der Waals surface area contributed by atoms with Crippen LogP contribution in [0.3, 0.4) is 0 Å². The molecule has 7 nitrogen and oxygen atoms in total. The summed E-state index contributed by atoms with van der Waals surface area (Å²) in [5, 5.41) is 5.39. The summed E-state index contributed by atoms with van der Waals surface area (Å²) in [6, 6.07) is 12.0. The van der Waals surface area contributed by atoms with Gasteiger partial charge in [0.1, 0.15) is 0 Å². The molecule has 0 aliphatic heterocycles. The van der Waals surface area contributed by atoms with E-state index < -0.39 is 22.0 Å². The Bertz CT molecular complexity index is 881. The van der Waals surface area contributed by atoms with Crippen molar-refractivity contribution < 1.29 is 18.0 Å². The molecule has 0 bridgehead atoms. The van der Waals surface area contributed by atoms with Crippen molar-refractivity contribution in [2.24, 2.45) is 0 Å². The van der Waals surface area contributed by atoms with Gasteiger partial charge in [-0.3, -0.25) is 4.79 Å². The van der Waals surface area contributed by atoms with Crippen LogP contribution in [-0.4, -0.2) is 26.9 Å². The molecule has 2 aromatic rings. The van der Waals surface area contributed by atoms with Crippen LogP contribution in [0.2, 0.25) is 5.02 Å². The highest BCUT2D eigenvalue weighted by atomic mass is 35.5. The van der Waals surface area contributed by atoms with Gasteiger partial charge in [-0.05, 0) is 36.8 Å². The van der Waals surface area contributed by atoms with Gasteiger partial charge in [0.2, 0.25) is 5.91 Å². The number of carbonyl (C=O) groups excluding carboxylic acids is 2. The fraction of sp³-hybridized carbons (Fsp3) is 0.176. The molecule has 0 aromatic heterocycles. The first kappa shape index (κ1) is 19.7. The maximum absolute atomic E-state index is 12.1. The van der Waals surface area contributed by atoms with Gasteiger partial charge in [0, 0.05) is 11.6 Å². The number of aryl methyl sites for hydroxylation is 1. The maximum Gasteiger partial charge on any atom is 0.329 e. The highest BCUT2D eigenvalue weighted by Crippen LogP contribution is 2.10. The number of nitrogens with one attached hydrogen (secondary N) is 3. The Morgan fingerprint density at radius 2 is 1.58 bits per heavy atom. The van der Waals surface area contributed by atoms with Gasteiger partial charge >= 0.3 is 6.03 Å². The molecule has 0 unspecified atom stereocenters. The number of amides is 3. The number of carbonyl (C=O) groups is 2. The van der Waals surface area contributed by atoms with Crippen molar-refractivity contribution in [1.29, 1.82) is 0 Å². The first-order valence-corrected chi connectivity index (χ1v) is 9.51. The van der Waals surface area contributed by atoms with E-state index in [0.717, 1.165) is 11.1 Å². The lowest BCUT2D eigenvalue weighted by atomic mass is 10.2. The second kappa shape index (κ2) is 8.68. The number of sulfonamides is 1. The molecular weight excluding hydrogens is 378 g/mol. The Labute approximate surface area is 156 Å². The second-order valence-electron chi connectivity index (χ2n) is 5.50. The van der Waals surface area contributed by atoms with Gasteiger partial charge in [0.15, 0.2) is 0 Å². The molecular formula is C17H18ClN3O4S. The van der Waals surface area contributed by atoms with Crippen LogP contribution in [0.5, 0.6) is 0 Å². The highest BCUT2D eigenvalue weighted by molar-refractivity contribution is 7.90. The van der Waals surface area contributed by atoms with Crippen LogP contribution >= 0.6 is 11.6 Å². The summed E-state index contributed by atoms with van der Waals surface area (Å²) in [7, 11) is -3.99. The number of hydrogen-bond acceptors (Lipinski definition) is 4. The van der Waals surface area contributed by atoms with Gasteiger partial charge < -0.3 is 10.6 Å². The summed E-state index contributed by atoms with van der Waals surface area (Å²) in [5.41, 5.74) is 1.74. The Hall–Kier alpha value is -2.58. The number of halogens is 1. The normalized spacial score (nSPS) is 10.8. The summed E-state index contributed by atoms with van der Waals surface area (Å²) in [5.74, 6) is -0.456. The number of rotatable bonds is 6. The fourth-order valence-corrected chi connectivity index (χ4v) is 3.01. The van der Waals surface area contributed by atoms with Gasteiger partial charge in [-0.1, -0.05) is 41.4 Å². The molecule has 26 heavy (non-hydrogen) atoms. The van der Waals surface area contributed by atoms with E-state index >= 15 is 0 Å². The molecule has 3 amide bonds. The van der Waals surface area contributed by atoms with Crippen LogP contribution < -0.4 is 15.4 Å². The number of benzene rings is 2. The zero-order valence-corrected chi connectivity index (χ0v) is 15.5. The third-order valence-corrected chi connectivity index (χ3v) is 4.97. The minimum atomic E-state index is -3.99. The zero-order chi connectivity index (χ0) is 19.2. The van der Waals surface area contributed by atoms with Crippen LogP contribution in [0.15, 0.2) is 53.4 Å². The smallest absolute Gasteiger partial charge is 0.329 e. The predicted molar refractivity (Wildman–Crippen MR) is 98.2 cm³/mol. The van der Waals surface area contributed by atoms with E-state index in [9.17, 15) is 18.0 Å². The third-order valence-electron chi connectivity index (χ3n) is 3.37. The van der Waals surface area contributed by atoms with Gasteiger partial charge in [-0.25, -0.2) is 17.9 Å². The fourth-order valence-electron chi connectivity index (χ4n) is 1.96. The molecule has 0 spiro atoms. The van der Waals surface area contributed by atoms with Crippen LogP contribution in [0.1, 0.15) is 11.1 Å². The molecule has 0 heterocycles. The van der Waals surface area contributed by atoms with E-state index in [1.807, 2.05) is 11.6 Å². The second-order valence-corrected chi connectivity index (χ2v) is 7.62. The van der Waals surface area contributed by atoms with Crippen LogP contribution in [0.4, 0.5) is 4.79 Å². The Balaban J connectivity index is 1.79. The van der Waals surface area contributed by atoms with E-state index in [4.69, 9.17) is 11.6 Å². The first-order valence-electron chi connectivity index (χ1n) is 7.65. The summed E-state index contributed by atoms with van der Waals surface area (Å²) in [6.07, 6.45) is 0. The molecule has 0 saturated carbocycles. The predicted octanol–water partition coefficient (Wildman–Crippen LogP) is 1.95. The van der Waals surface area contributed by atoms with E-state index in [1.54, 1.807) is 36.4 Å². The maximum atomic E-state index is 12.1. The van der Waals surface area contributed by atoms with Crippen molar-refractivity contribution in [2.75, 3.05) is 6.54 Å². The Kier molecular flexibility index (Phi) is 6.59. The Morgan fingerprint density at radius 3 is 2.19 bits per heavy atom. The monoisotopic (exact) mass is 395 g/mol. The number of hydrogen-bond donors (Lipinski definition) is 3. The largest absolute Gasteiger partial charge is 0.350 e. The highest BCUT2D eigenvalue weighted by Gasteiger charge is 2.17. The molecule has 0 radical (unpaired) electrons. The van der Waals surface area contributed by atoms with Crippen molar-refractivity contribution in [1.82, 2.24) is 15.4 Å². The SMILES string of the molecule is Cc1ccc(S(=O)(=O)NC(=O)NCC(=O)NCc2ccc(Cl)cc2)cc1. The van der Waals surface area contributed by atoms with Gasteiger partial charge in [0.05, 0.1) is 11.4 Å². The van der Waals surface area contributed by atoms with Crippen molar-refractivity contribution in [3.63, 3.8) is 0 Å². The molecule has 2 aromatic carbocycles. The molecule has 0 atom stereocenters. The minimum absolute atomic E-state index is 0.0366. The van der Waals surface area contributed by atoms with Gasteiger partial charge in [-0.15, -0.1) is 0 Å². The Morgan fingerprint density at radius 1 is 0.962 bits per heavy atom. The first-order chi connectivity index (χ1) is 12.3. The standard InChI is InChI=1S/C17H18ClN3O4S/c1-12-2-8-15(9-3-12)26(24,25)21-17(23)20-11-16(22)19-10-13-4-6-14(18)7-5-13/h2-9H,10-11H2,1H3,(H,19,22)(H2,20,21,23). The third kappa shape index (κ3) is 6.05. The van der Waals surface area contributed by atoms with Crippen LogP contribution in [0, 0.1) is 6.92 Å². The summed E-state index contributed by atoms with van der Waals surface area (Å²) in [6.45, 7) is 1.73. The van der Waals surface area contributed by atoms with Crippen molar-refractivity contribution in [2.45, 2.75) is 18.4 Å². The number of urea groups is 1. The molecule has 3 N–H and O–H groups in total. The van der Waals surface area contributed by atoms with E-state index in [2.05, 4.69) is 10.6 Å². The summed E-state index contributed by atoms with van der Waals surface area (Å²) >= 11 is 5.77. The van der Waals surface area contributed by atoms with Crippen LogP contribution in [-0.2, 0) is 21.4 Å². The average Bonchev–Trinajstić information content (AvgIpc) is 2.59. The average molecular weight is 396 g/mol. The van der Waals surface area contributed by atoms with Crippen molar-refractivity contribution in [3.8, 4) is 0 Å². The quantitative estimate of drug-likeness (QED) is 0.695.